The Morgan fingerprint density at radius 3 is 2.59 bits per heavy atom. The smallest absolute Gasteiger partial charge is 0.330 e. The molecule has 4 heteroatoms. The Morgan fingerprint density at radius 1 is 1.29 bits per heavy atom. The van der Waals surface area contributed by atoms with E-state index in [1.807, 2.05) is 24.3 Å². The largest absolute Gasteiger partial charge is 0.468 e. The summed E-state index contributed by atoms with van der Waals surface area (Å²) in [5.74, 6) is 0.382. The summed E-state index contributed by atoms with van der Waals surface area (Å²) in [6, 6.07) is 7.31. The van der Waals surface area contributed by atoms with E-state index >= 15 is 0 Å². The van der Waals surface area contributed by atoms with Crippen LogP contribution in [0.1, 0.15) is 12.5 Å². The van der Waals surface area contributed by atoms with Crippen LogP contribution in [0.25, 0.3) is 6.08 Å². The lowest BCUT2D eigenvalue weighted by Gasteiger charge is -2.04. The first kappa shape index (κ1) is 13.3. The zero-order valence-corrected chi connectivity index (χ0v) is 10.0. The van der Waals surface area contributed by atoms with Gasteiger partial charge in [-0.15, -0.1) is 0 Å². The highest BCUT2D eigenvalue weighted by Crippen LogP contribution is 2.13. The zero-order valence-electron chi connectivity index (χ0n) is 10.0. The molecule has 0 aliphatic rings. The van der Waals surface area contributed by atoms with E-state index in [9.17, 15) is 4.79 Å². The van der Waals surface area contributed by atoms with Crippen LogP contribution in [-0.2, 0) is 14.3 Å². The number of methoxy groups -OCH3 is 1. The van der Waals surface area contributed by atoms with Crippen molar-refractivity contribution in [3.63, 3.8) is 0 Å². The molecule has 4 nitrogen and oxygen atoms in total. The Bertz CT molecular complexity index is 368. The van der Waals surface area contributed by atoms with E-state index < -0.39 is 0 Å². The lowest BCUT2D eigenvalue weighted by molar-refractivity contribution is -0.137. The van der Waals surface area contributed by atoms with Gasteiger partial charge in [0.1, 0.15) is 5.75 Å². The van der Waals surface area contributed by atoms with E-state index in [1.54, 1.807) is 20.1 Å². The van der Waals surface area contributed by atoms with Gasteiger partial charge < -0.3 is 14.2 Å². The summed E-state index contributed by atoms with van der Waals surface area (Å²) in [7, 11) is 1.57. The fraction of sp³-hybridized carbons (Fsp3) is 0.308. The van der Waals surface area contributed by atoms with Crippen LogP contribution in [0, 0.1) is 0 Å². The zero-order chi connectivity index (χ0) is 12.5. The molecule has 0 atom stereocenters. The number of ether oxygens (including phenoxy) is 3. The maximum absolute atomic E-state index is 11.1. The van der Waals surface area contributed by atoms with Gasteiger partial charge >= 0.3 is 5.97 Å². The third kappa shape index (κ3) is 5.17. The Morgan fingerprint density at radius 2 is 2.00 bits per heavy atom. The second kappa shape index (κ2) is 7.46. The summed E-state index contributed by atoms with van der Waals surface area (Å²) >= 11 is 0. The molecule has 0 heterocycles. The van der Waals surface area contributed by atoms with Gasteiger partial charge in [0.15, 0.2) is 6.79 Å². The summed E-state index contributed by atoms with van der Waals surface area (Å²) in [5.41, 5.74) is 0.905. The molecular formula is C13H16O4. The Balaban J connectivity index is 2.53. The van der Waals surface area contributed by atoms with Crippen molar-refractivity contribution in [3.8, 4) is 5.75 Å². The van der Waals surface area contributed by atoms with Crippen LogP contribution in [0.4, 0.5) is 0 Å². The second-order valence-electron chi connectivity index (χ2n) is 3.21. The number of hydrogen-bond acceptors (Lipinski definition) is 4. The minimum atomic E-state index is -0.341. The summed E-state index contributed by atoms with van der Waals surface area (Å²) < 4.78 is 14.8. The van der Waals surface area contributed by atoms with E-state index in [4.69, 9.17) is 14.2 Å². The minimum absolute atomic E-state index is 0.220. The molecule has 92 valence electrons. The summed E-state index contributed by atoms with van der Waals surface area (Å²) in [5, 5.41) is 0. The van der Waals surface area contributed by atoms with E-state index in [-0.39, 0.29) is 12.8 Å². The molecule has 0 radical (unpaired) electrons. The van der Waals surface area contributed by atoms with Crippen molar-refractivity contribution in [3.05, 3.63) is 35.9 Å². The summed E-state index contributed by atoms with van der Waals surface area (Å²) in [6.45, 7) is 2.37. The van der Waals surface area contributed by atoms with Crippen molar-refractivity contribution >= 4 is 12.0 Å². The fourth-order valence-corrected chi connectivity index (χ4v) is 1.16. The number of carbonyl (C=O) groups is 1. The molecular weight excluding hydrogens is 220 g/mol. The maximum atomic E-state index is 11.1. The van der Waals surface area contributed by atoms with Crippen LogP contribution in [0.3, 0.4) is 0 Å². The predicted octanol–water partition coefficient (Wildman–Crippen LogP) is 2.25. The van der Waals surface area contributed by atoms with Gasteiger partial charge in [-0.3, -0.25) is 0 Å². The summed E-state index contributed by atoms with van der Waals surface area (Å²) in [4.78, 5) is 11.1. The predicted molar refractivity (Wildman–Crippen MR) is 64.6 cm³/mol. The monoisotopic (exact) mass is 236 g/mol. The highest BCUT2D eigenvalue weighted by Gasteiger charge is 1.95. The van der Waals surface area contributed by atoms with Crippen molar-refractivity contribution in [2.24, 2.45) is 0 Å². The molecule has 0 saturated carbocycles. The average molecular weight is 236 g/mol. The number of rotatable bonds is 6. The SMILES string of the molecule is CCOC(=O)/C=C/c1ccc(OCOC)cc1. The number of hydrogen-bond donors (Lipinski definition) is 0. The van der Waals surface area contributed by atoms with E-state index in [0.717, 1.165) is 11.3 Å². The van der Waals surface area contributed by atoms with Crippen molar-refractivity contribution in [2.45, 2.75) is 6.92 Å². The van der Waals surface area contributed by atoms with Gasteiger partial charge in [0.25, 0.3) is 0 Å². The molecule has 1 aromatic rings. The van der Waals surface area contributed by atoms with E-state index in [0.29, 0.717) is 6.61 Å². The van der Waals surface area contributed by atoms with Gasteiger partial charge in [-0.2, -0.15) is 0 Å². The van der Waals surface area contributed by atoms with Crippen LogP contribution in [-0.4, -0.2) is 26.5 Å². The Kier molecular flexibility index (Phi) is 5.82. The molecule has 0 unspecified atom stereocenters. The Hall–Kier alpha value is -1.81. The van der Waals surface area contributed by atoms with E-state index in [2.05, 4.69) is 0 Å². The lowest BCUT2D eigenvalue weighted by atomic mass is 10.2. The molecule has 0 N–H and O–H groups in total. The van der Waals surface area contributed by atoms with Crippen LogP contribution in [0.5, 0.6) is 5.75 Å². The molecule has 0 fully saturated rings. The molecule has 0 spiro atoms. The van der Waals surface area contributed by atoms with E-state index in [1.165, 1.54) is 6.08 Å². The van der Waals surface area contributed by atoms with Gasteiger partial charge in [-0.05, 0) is 30.7 Å². The topological polar surface area (TPSA) is 44.8 Å². The second-order valence-corrected chi connectivity index (χ2v) is 3.21. The average Bonchev–Trinajstić information content (AvgIpc) is 2.35. The standard InChI is InChI=1S/C13H16O4/c1-3-16-13(14)9-6-11-4-7-12(8-5-11)17-10-15-2/h4-9H,3,10H2,1-2H3/b9-6+. The molecule has 0 aromatic heterocycles. The first-order chi connectivity index (χ1) is 8.26. The molecule has 1 rings (SSSR count). The van der Waals surface area contributed by atoms with Gasteiger partial charge in [-0.1, -0.05) is 12.1 Å². The number of carbonyl (C=O) groups excluding carboxylic acids is 1. The molecule has 0 saturated heterocycles. The van der Waals surface area contributed by atoms with Crippen LogP contribution in [0.15, 0.2) is 30.3 Å². The van der Waals surface area contributed by atoms with Gasteiger partial charge in [-0.25, -0.2) is 4.79 Å². The highest BCUT2D eigenvalue weighted by molar-refractivity contribution is 5.87. The number of benzene rings is 1. The van der Waals surface area contributed by atoms with Gasteiger partial charge in [0, 0.05) is 13.2 Å². The third-order valence-corrected chi connectivity index (χ3v) is 1.92. The van der Waals surface area contributed by atoms with Crippen LogP contribution >= 0.6 is 0 Å². The summed E-state index contributed by atoms with van der Waals surface area (Å²) in [6.07, 6.45) is 3.09. The van der Waals surface area contributed by atoms with Crippen molar-refractivity contribution in [1.82, 2.24) is 0 Å². The van der Waals surface area contributed by atoms with Gasteiger partial charge in [0.2, 0.25) is 0 Å². The molecule has 1 aromatic carbocycles. The molecule has 17 heavy (non-hydrogen) atoms. The molecule has 0 amide bonds. The first-order valence-electron chi connectivity index (χ1n) is 5.33. The quantitative estimate of drug-likeness (QED) is 0.431. The normalized spacial score (nSPS) is 10.5. The molecule has 0 aliphatic carbocycles. The highest BCUT2D eigenvalue weighted by atomic mass is 16.7. The molecule has 0 bridgehead atoms. The maximum Gasteiger partial charge on any atom is 0.330 e. The molecule has 0 aliphatic heterocycles. The van der Waals surface area contributed by atoms with Crippen molar-refractivity contribution < 1.29 is 19.0 Å². The van der Waals surface area contributed by atoms with Crippen molar-refractivity contribution in [1.29, 1.82) is 0 Å². The first-order valence-corrected chi connectivity index (χ1v) is 5.33. The van der Waals surface area contributed by atoms with Gasteiger partial charge in [0.05, 0.1) is 6.61 Å². The number of esters is 1. The van der Waals surface area contributed by atoms with Crippen molar-refractivity contribution in [2.75, 3.05) is 20.5 Å². The third-order valence-electron chi connectivity index (χ3n) is 1.92. The fourth-order valence-electron chi connectivity index (χ4n) is 1.16. The lowest BCUT2D eigenvalue weighted by Crippen LogP contribution is -1.99. The minimum Gasteiger partial charge on any atom is -0.468 e. The Labute approximate surface area is 101 Å². The van der Waals surface area contributed by atoms with Crippen LogP contribution in [0.2, 0.25) is 0 Å². The van der Waals surface area contributed by atoms with Crippen LogP contribution < -0.4 is 4.74 Å².